The Morgan fingerprint density at radius 3 is 2.61 bits per heavy atom. The smallest absolute Gasteiger partial charge is 0.286 e. The molecule has 1 aliphatic carbocycles. The number of carbonyl (C=O) groups is 1. The van der Waals surface area contributed by atoms with Crippen LogP contribution in [0.1, 0.15) is 71.3 Å². The summed E-state index contributed by atoms with van der Waals surface area (Å²) in [6, 6.07) is 2.15. The van der Waals surface area contributed by atoms with Crippen LogP contribution >= 0.6 is 11.6 Å². The molecular weight excluding hydrogens is 414 g/mol. The second-order valence-corrected chi connectivity index (χ2v) is 9.90. The van der Waals surface area contributed by atoms with E-state index in [4.69, 9.17) is 21.5 Å². The maximum atomic E-state index is 12.9. The summed E-state index contributed by atoms with van der Waals surface area (Å²) in [6.07, 6.45) is 7.05. The van der Waals surface area contributed by atoms with Crippen molar-refractivity contribution in [2.75, 3.05) is 13.1 Å². The number of amides is 1. The summed E-state index contributed by atoms with van der Waals surface area (Å²) in [5.74, 6) is 0.326. The Morgan fingerprint density at radius 2 is 2.06 bits per heavy atom. The Bertz CT molecular complexity index is 814. The molecule has 0 bridgehead atoms. The van der Waals surface area contributed by atoms with Gasteiger partial charge in [0.05, 0.1) is 6.54 Å². The van der Waals surface area contributed by atoms with E-state index in [1.165, 1.54) is 0 Å². The minimum Gasteiger partial charge on any atom is -0.361 e. The van der Waals surface area contributed by atoms with Crippen molar-refractivity contribution in [2.45, 2.75) is 72.8 Å². The summed E-state index contributed by atoms with van der Waals surface area (Å²) >= 11 is 6.34. The summed E-state index contributed by atoms with van der Waals surface area (Å²) in [7, 11) is 0. The molecule has 0 radical (unpaired) electrons. The molecule has 0 unspecified atom stereocenters. The molecule has 1 amide bonds. The van der Waals surface area contributed by atoms with Gasteiger partial charge in [-0.15, -0.1) is 0 Å². The van der Waals surface area contributed by atoms with Crippen LogP contribution in [0.15, 0.2) is 26.3 Å². The van der Waals surface area contributed by atoms with Crippen LogP contribution in [0.5, 0.6) is 0 Å². The van der Waals surface area contributed by atoms with Crippen LogP contribution < -0.4 is 10.6 Å². The average Bonchev–Trinajstić information content (AvgIpc) is 3.13. The van der Waals surface area contributed by atoms with Crippen LogP contribution in [-0.2, 0) is 4.79 Å². The van der Waals surface area contributed by atoms with E-state index in [9.17, 15) is 4.79 Å². The Kier molecular flexibility index (Phi) is 9.59. The zero-order valence-corrected chi connectivity index (χ0v) is 20.2. The molecule has 0 spiro atoms. The van der Waals surface area contributed by atoms with Gasteiger partial charge in [0.15, 0.2) is 0 Å². The van der Waals surface area contributed by atoms with Crippen LogP contribution in [-0.4, -0.2) is 42.1 Å². The predicted molar refractivity (Wildman–Crippen MR) is 125 cm³/mol. The molecule has 31 heavy (non-hydrogen) atoms. The summed E-state index contributed by atoms with van der Waals surface area (Å²) in [4.78, 5) is 17.0. The van der Waals surface area contributed by atoms with Crippen molar-refractivity contribution in [1.29, 1.82) is 5.41 Å². The molecule has 1 fully saturated rings. The van der Waals surface area contributed by atoms with Crippen molar-refractivity contribution in [3.8, 4) is 0 Å². The van der Waals surface area contributed by atoms with Crippen molar-refractivity contribution < 1.29 is 14.6 Å². The number of aliphatic imine (C=N–C) groups is 1. The van der Waals surface area contributed by atoms with Gasteiger partial charge in [-0.1, -0.05) is 25.9 Å². The van der Waals surface area contributed by atoms with Crippen molar-refractivity contribution in [3.63, 3.8) is 0 Å². The number of aromatic nitrogens is 1. The van der Waals surface area contributed by atoms with Gasteiger partial charge in [-0.2, -0.15) is 0 Å². The van der Waals surface area contributed by atoms with Gasteiger partial charge >= 0.3 is 0 Å². The Labute approximate surface area is 190 Å². The lowest BCUT2D eigenvalue weighted by Crippen LogP contribution is -2.81. The highest BCUT2D eigenvalue weighted by molar-refractivity contribution is 6.37. The molecule has 7 nitrogen and oxygen atoms in total. The fourth-order valence-corrected chi connectivity index (χ4v) is 3.91. The minimum absolute atomic E-state index is 0.0607. The Balaban J connectivity index is 1.96. The van der Waals surface area contributed by atoms with E-state index >= 15 is 0 Å². The first kappa shape index (κ1) is 25.4. The first-order chi connectivity index (χ1) is 14.6. The number of nitrogens with one attached hydrogen (secondary N) is 2. The molecule has 0 saturated heterocycles. The zero-order chi connectivity index (χ0) is 23.0. The second-order valence-electron chi connectivity index (χ2n) is 9.49. The fraction of sp³-hybridized carbons (Fsp3) is 0.652. The van der Waals surface area contributed by atoms with Gasteiger partial charge in [-0.25, -0.2) is 4.99 Å². The number of carbonyl (C=O) groups excluding carboxylic acids is 1. The normalized spacial score (nSPS) is 20.7. The predicted octanol–water partition coefficient (Wildman–Crippen LogP) is 3.57. The van der Waals surface area contributed by atoms with Crippen molar-refractivity contribution >= 4 is 29.4 Å². The van der Waals surface area contributed by atoms with Crippen LogP contribution in [0, 0.1) is 23.7 Å². The van der Waals surface area contributed by atoms with E-state index in [-0.39, 0.29) is 28.1 Å². The molecule has 172 valence electrons. The molecule has 1 aromatic heterocycles. The van der Waals surface area contributed by atoms with Crippen molar-refractivity contribution in [3.05, 3.63) is 28.2 Å². The Hall–Kier alpha value is -1.83. The standard InChI is InChI=1S/C23H36ClN5O2/c1-6-26-21(24)19(20(25)18-13-15(2)31-29-18)22(30)28-14-16-7-9-17(10-8-16)27-12-11-23(3,4)5/h13-14,16-17,25-27H,6-12H2,1-5H3/p+1/b21-19+,25-20?,28-14?. The lowest BCUT2D eigenvalue weighted by molar-refractivity contribution is -0.593. The number of nitrogens with two attached hydrogens (primary N) is 1. The van der Waals surface area contributed by atoms with Crippen LogP contribution in [0.3, 0.4) is 0 Å². The summed E-state index contributed by atoms with van der Waals surface area (Å²) < 4.78 is 5.04. The second kappa shape index (κ2) is 11.7. The number of hydrogen-bond acceptors (Lipinski definition) is 5. The first-order valence-corrected chi connectivity index (χ1v) is 11.6. The molecule has 0 atom stereocenters. The third kappa shape index (κ3) is 8.31. The summed E-state index contributed by atoms with van der Waals surface area (Å²) in [5, 5.41) is 17.8. The average molecular weight is 451 g/mol. The quantitative estimate of drug-likeness (QED) is 0.303. The molecule has 1 heterocycles. The number of rotatable bonds is 9. The monoisotopic (exact) mass is 450 g/mol. The molecule has 2 rings (SSSR count). The van der Waals surface area contributed by atoms with E-state index < -0.39 is 5.91 Å². The molecule has 8 heteroatoms. The highest BCUT2D eigenvalue weighted by atomic mass is 35.5. The van der Waals surface area contributed by atoms with Crippen LogP contribution in [0.2, 0.25) is 0 Å². The largest absolute Gasteiger partial charge is 0.361 e. The SMILES string of the molecule is CC[NH2+]/C(Cl)=C(\C(=N)c1cc(C)on1)C(=O)N=CC1CCC(NCCC(C)(C)C)CC1. The molecule has 1 aliphatic rings. The number of halogens is 1. The molecule has 4 N–H and O–H groups in total. The highest BCUT2D eigenvalue weighted by Crippen LogP contribution is 2.24. The van der Waals surface area contributed by atoms with Crippen LogP contribution in [0.4, 0.5) is 0 Å². The molecule has 0 aliphatic heterocycles. The van der Waals surface area contributed by atoms with Gasteiger partial charge in [0.25, 0.3) is 5.91 Å². The number of quaternary nitrogens is 1. The van der Waals surface area contributed by atoms with E-state index in [2.05, 4.69) is 36.2 Å². The zero-order valence-electron chi connectivity index (χ0n) is 19.4. The van der Waals surface area contributed by atoms with Gasteiger partial charge < -0.3 is 15.2 Å². The van der Waals surface area contributed by atoms with Gasteiger partial charge in [0, 0.05) is 18.3 Å². The van der Waals surface area contributed by atoms with E-state index in [0.29, 0.717) is 23.8 Å². The molecule has 1 saturated carbocycles. The van der Waals surface area contributed by atoms with Crippen LogP contribution in [0.25, 0.3) is 0 Å². The summed E-state index contributed by atoms with van der Waals surface area (Å²) in [6.45, 7) is 12.1. The van der Waals surface area contributed by atoms with Gasteiger partial charge in [0.1, 0.15) is 22.7 Å². The maximum Gasteiger partial charge on any atom is 0.286 e. The number of hydrogen-bond donors (Lipinski definition) is 3. The fourth-order valence-electron chi connectivity index (χ4n) is 3.58. The maximum absolute atomic E-state index is 12.9. The number of nitrogens with zero attached hydrogens (tertiary/aromatic N) is 2. The van der Waals surface area contributed by atoms with Crippen molar-refractivity contribution in [1.82, 2.24) is 10.5 Å². The van der Waals surface area contributed by atoms with Crippen molar-refractivity contribution in [2.24, 2.45) is 16.3 Å². The van der Waals surface area contributed by atoms with E-state index in [1.807, 2.05) is 6.92 Å². The van der Waals surface area contributed by atoms with Gasteiger partial charge in [0.2, 0.25) is 5.16 Å². The topological polar surface area (TPSA) is 108 Å². The van der Waals surface area contributed by atoms with Gasteiger partial charge in [-0.05, 0) is 75.4 Å². The third-order valence-corrected chi connectivity index (χ3v) is 5.80. The first-order valence-electron chi connectivity index (χ1n) is 11.2. The number of aryl methyl sites for hydroxylation is 1. The molecule has 1 aromatic rings. The molecule has 0 aromatic carbocycles. The third-order valence-electron chi connectivity index (χ3n) is 5.45. The minimum atomic E-state index is -0.509. The summed E-state index contributed by atoms with van der Waals surface area (Å²) in [5.41, 5.74) is 0.615. The lowest BCUT2D eigenvalue weighted by atomic mass is 9.86. The highest BCUT2D eigenvalue weighted by Gasteiger charge is 2.26. The molecular formula is C23H37ClN5O2+. The van der Waals surface area contributed by atoms with E-state index in [1.54, 1.807) is 24.5 Å². The Morgan fingerprint density at radius 1 is 1.39 bits per heavy atom. The van der Waals surface area contributed by atoms with Gasteiger partial charge in [-0.3, -0.25) is 10.2 Å². The lowest BCUT2D eigenvalue weighted by Gasteiger charge is -2.28. The van der Waals surface area contributed by atoms with E-state index in [0.717, 1.165) is 38.6 Å².